The van der Waals surface area contributed by atoms with E-state index in [0.717, 1.165) is 60.2 Å². The van der Waals surface area contributed by atoms with Crippen LogP contribution >= 0.6 is 0 Å². The fourth-order valence-electron chi connectivity index (χ4n) is 5.52. The molecule has 5 heterocycles. The molecule has 2 aliphatic heterocycles. The van der Waals surface area contributed by atoms with E-state index in [1.165, 1.54) is 0 Å². The maximum atomic E-state index is 12.9. The van der Waals surface area contributed by atoms with Gasteiger partial charge in [-0.2, -0.15) is 5.26 Å². The smallest absolute Gasteiger partial charge is 0.326 e. The minimum Gasteiger partial charge on any atom is -0.350 e. The number of hydrogen-bond acceptors (Lipinski definition) is 5. The number of aromatic amines is 1. The molecule has 2 fully saturated rings. The van der Waals surface area contributed by atoms with Crippen molar-refractivity contribution < 1.29 is 0 Å². The van der Waals surface area contributed by atoms with E-state index in [1.807, 2.05) is 10.6 Å². The van der Waals surface area contributed by atoms with Crippen molar-refractivity contribution in [3.8, 4) is 6.07 Å². The molecule has 1 N–H and O–H groups in total. The SMILES string of the molecule is N#Cc1ccnc(N2[C@@H]3CC[C@H]2CC(n2c(=O)[nH]c4cnc5c(c42)C=CC5)C3)c1. The van der Waals surface area contributed by atoms with Gasteiger partial charge in [-0.1, -0.05) is 12.2 Å². The van der Waals surface area contributed by atoms with Crippen LogP contribution in [0.2, 0.25) is 0 Å². The summed E-state index contributed by atoms with van der Waals surface area (Å²) >= 11 is 0. The Bertz CT molecular complexity index is 1250. The predicted octanol–water partition coefficient (Wildman–Crippen LogP) is 2.93. The molecule has 1 aliphatic carbocycles. The number of H-pyrrole nitrogens is 1. The van der Waals surface area contributed by atoms with E-state index in [4.69, 9.17) is 0 Å². The van der Waals surface area contributed by atoms with Crippen LogP contribution in [0, 0.1) is 11.3 Å². The van der Waals surface area contributed by atoms with Gasteiger partial charge in [0.2, 0.25) is 0 Å². The summed E-state index contributed by atoms with van der Waals surface area (Å²) in [6.07, 6.45) is 12.5. The number of nitrogens with zero attached hydrogens (tertiary/aromatic N) is 5. The van der Waals surface area contributed by atoms with Crippen LogP contribution in [0.4, 0.5) is 5.82 Å². The molecule has 7 heteroatoms. The molecule has 6 rings (SSSR count). The Morgan fingerprint density at radius 3 is 2.79 bits per heavy atom. The van der Waals surface area contributed by atoms with Crippen LogP contribution in [0.5, 0.6) is 0 Å². The Hall–Kier alpha value is -3.40. The lowest BCUT2D eigenvalue weighted by Crippen LogP contribution is -2.45. The largest absolute Gasteiger partial charge is 0.350 e. The van der Waals surface area contributed by atoms with E-state index in [0.29, 0.717) is 17.6 Å². The summed E-state index contributed by atoms with van der Waals surface area (Å²) in [6.45, 7) is 0. The van der Waals surface area contributed by atoms with E-state index in [1.54, 1.807) is 18.5 Å². The quantitative estimate of drug-likeness (QED) is 0.734. The zero-order valence-corrected chi connectivity index (χ0v) is 15.9. The third-order valence-electron chi connectivity index (χ3n) is 6.68. The molecule has 2 bridgehead atoms. The number of fused-ring (bicyclic) bond motifs is 5. The molecule has 0 amide bonds. The lowest BCUT2D eigenvalue weighted by molar-refractivity contribution is 0.335. The van der Waals surface area contributed by atoms with Crippen molar-refractivity contribution in [2.24, 2.45) is 0 Å². The van der Waals surface area contributed by atoms with Gasteiger partial charge >= 0.3 is 5.69 Å². The summed E-state index contributed by atoms with van der Waals surface area (Å²) in [7, 11) is 0. The Morgan fingerprint density at radius 2 is 2.00 bits per heavy atom. The van der Waals surface area contributed by atoms with Gasteiger partial charge in [-0.3, -0.25) is 9.55 Å². The van der Waals surface area contributed by atoms with Crippen molar-refractivity contribution in [3.05, 3.63) is 57.9 Å². The average Bonchev–Trinajstić information content (AvgIpc) is 3.41. The van der Waals surface area contributed by atoms with Gasteiger partial charge < -0.3 is 9.88 Å². The van der Waals surface area contributed by atoms with Gasteiger partial charge in [0, 0.05) is 36.3 Å². The first-order chi connectivity index (χ1) is 14.2. The van der Waals surface area contributed by atoms with Gasteiger partial charge in [-0.15, -0.1) is 0 Å². The zero-order chi connectivity index (χ0) is 19.5. The maximum Gasteiger partial charge on any atom is 0.326 e. The van der Waals surface area contributed by atoms with E-state index < -0.39 is 0 Å². The van der Waals surface area contributed by atoms with Gasteiger partial charge in [0.1, 0.15) is 5.82 Å². The highest BCUT2D eigenvalue weighted by atomic mass is 16.1. The topological polar surface area (TPSA) is 90.6 Å². The standard InChI is InChI=1S/C22H20N6O/c23-11-13-6-7-24-20(8-13)27-14-4-5-15(27)10-16(9-14)28-21-17-2-1-3-18(17)25-12-19(21)26-22(28)29/h1-2,6-8,12,14-16H,3-5,9-10H2,(H,26,29)/t14-,15+,16?. The minimum absolute atomic E-state index is 0.0436. The zero-order valence-electron chi connectivity index (χ0n) is 15.9. The van der Waals surface area contributed by atoms with E-state index in [9.17, 15) is 10.1 Å². The molecule has 7 nitrogen and oxygen atoms in total. The Morgan fingerprint density at radius 1 is 1.17 bits per heavy atom. The minimum atomic E-state index is -0.0436. The fraction of sp³-hybridized carbons (Fsp3) is 0.364. The monoisotopic (exact) mass is 384 g/mol. The van der Waals surface area contributed by atoms with Crippen molar-refractivity contribution in [1.82, 2.24) is 19.5 Å². The fourth-order valence-corrected chi connectivity index (χ4v) is 5.52. The number of imidazole rings is 1. The molecule has 3 aliphatic rings. The highest BCUT2D eigenvalue weighted by Gasteiger charge is 2.43. The summed E-state index contributed by atoms with van der Waals surface area (Å²) in [5.74, 6) is 0.884. The Balaban J connectivity index is 1.40. The van der Waals surface area contributed by atoms with Crippen molar-refractivity contribution >= 4 is 22.9 Å². The Kier molecular flexibility index (Phi) is 3.45. The van der Waals surface area contributed by atoms with Crippen LogP contribution in [-0.4, -0.2) is 31.6 Å². The van der Waals surface area contributed by atoms with E-state index in [2.05, 4.69) is 38.1 Å². The third-order valence-corrected chi connectivity index (χ3v) is 6.68. The summed E-state index contributed by atoms with van der Waals surface area (Å²) < 4.78 is 1.98. The molecule has 144 valence electrons. The number of allylic oxidation sites excluding steroid dienone is 1. The second-order valence-corrected chi connectivity index (χ2v) is 8.22. The normalized spacial score (nSPS) is 24.8. The van der Waals surface area contributed by atoms with Crippen LogP contribution < -0.4 is 10.6 Å². The second kappa shape index (κ2) is 6.05. The number of aromatic nitrogens is 4. The summed E-state index contributed by atoms with van der Waals surface area (Å²) in [4.78, 5) is 27.3. The molecule has 0 radical (unpaired) electrons. The van der Waals surface area contributed by atoms with Crippen molar-refractivity contribution in [1.29, 1.82) is 5.26 Å². The van der Waals surface area contributed by atoms with Crippen LogP contribution in [0.25, 0.3) is 17.1 Å². The van der Waals surface area contributed by atoms with E-state index >= 15 is 0 Å². The summed E-state index contributed by atoms with van der Waals surface area (Å²) in [6, 6.07) is 6.66. The molecular weight excluding hydrogens is 364 g/mol. The number of piperidine rings is 1. The van der Waals surface area contributed by atoms with Gasteiger partial charge in [-0.25, -0.2) is 9.78 Å². The molecule has 2 saturated heterocycles. The molecule has 29 heavy (non-hydrogen) atoms. The third kappa shape index (κ3) is 2.38. The molecular formula is C22H20N6O. The molecule has 3 aromatic rings. The first kappa shape index (κ1) is 16.5. The molecule has 3 atom stereocenters. The second-order valence-electron chi connectivity index (χ2n) is 8.22. The maximum absolute atomic E-state index is 12.9. The number of nitrogens with one attached hydrogen (secondary N) is 1. The van der Waals surface area contributed by atoms with Gasteiger partial charge in [0.25, 0.3) is 0 Å². The first-order valence-electron chi connectivity index (χ1n) is 10.2. The highest BCUT2D eigenvalue weighted by Crippen LogP contribution is 2.43. The highest BCUT2D eigenvalue weighted by molar-refractivity contribution is 5.87. The molecule has 0 spiro atoms. The van der Waals surface area contributed by atoms with Gasteiger partial charge in [0.05, 0.1) is 34.6 Å². The van der Waals surface area contributed by atoms with Crippen molar-refractivity contribution in [2.75, 3.05) is 4.90 Å². The van der Waals surface area contributed by atoms with Crippen LogP contribution in [0.3, 0.4) is 0 Å². The molecule has 3 aromatic heterocycles. The summed E-state index contributed by atoms with van der Waals surface area (Å²) in [5, 5.41) is 9.23. The molecule has 0 aromatic carbocycles. The number of nitriles is 1. The van der Waals surface area contributed by atoms with Crippen molar-refractivity contribution in [2.45, 2.75) is 50.2 Å². The van der Waals surface area contributed by atoms with Gasteiger partial charge in [0.15, 0.2) is 0 Å². The Labute approximate surface area is 167 Å². The average molecular weight is 384 g/mol. The lowest BCUT2D eigenvalue weighted by atomic mass is 9.96. The molecule has 0 saturated carbocycles. The van der Waals surface area contributed by atoms with Crippen LogP contribution in [-0.2, 0) is 6.42 Å². The first-order valence-corrected chi connectivity index (χ1v) is 10.2. The van der Waals surface area contributed by atoms with Crippen molar-refractivity contribution in [3.63, 3.8) is 0 Å². The van der Waals surface area contributed by atoms with Crippen LogP contribution in [0.15, 0.2) is 35.4 Å². The van der Waals surface area contributed by atoms with Gasteiger partial charge in [-0.05, 0) is 37.8 Å². The number of pyridine rings is 2. The number of rotatable bonds is 2. The molecule has 1 unspecified atom stereocenters. The lowest BCUT2D eigenvalue weighted by Gasteiger charge is -2.40. The number of anilines is 1. The van der Waals surface area contributed by atoms with Crippen LogP contribution in [0.1, 0.15) is 48.5 Å². The van der Waals surface area contributed by atoms with E-state index in [-0.39, 0.29) is 11.7 Å². The summed E-state index contributed by atoms with van der Waals surface area (Å²) in [5.41, 5.74) is 4.54. The predicted molar refractivity (Wildman–Crippen MR) is 110 cm³/mol. The number of hydrogen-bond donors (Lipinski definition) is 1.